The molecule has 1 aromatic heterocycles. The number of aromatic nitrogens is 1. The second kappa shape index (κ2) is 7.95. The fraction of sp³-hybridized carbons (Fsp3) is 0.632. The molecule has 1 atom stereocenters. The lowest BCUT2D eigenvalue weighted by molar-refractivity contribution is 0.0341. The molecule has 1 N–H and O–H groups in total. The minimum Gasteiger partial charge on any atom is -0.477 e. The van der Waals surface area contributed by atoms with Crippen LogP contribution in [-0.2, 0) is 4.74 Å². The molecular formula is C19H26N2O4. The number of ether oxygens (including phenoxy) is 1. The van der Waals surface area contributed by atoms with Gasteiger partial charge in [-0.25, -0.2) is 9.78 Å². The molecular weight excluding hydrogens is 320 g/mol. The van der Waals surface area contributed by atoms with Crippen molar-refractivity contribution in [3.63, 3.8) is 0 Å². The number of carbonyl (C=O) groups is 2. The van der Waals surface area contributed by atoms with Crippen molar-refractivity contribution in [2.24, 2.45) is 5.92 Å². The Kier molecular flexibility index (Phi) is 5.68. The maximum Gasteiger partial charge on any atom is 0.354 e. The van der Waals surface area contributed by atoms with Gasteiger partial charge in [0.15, 0.2) is 0 Å². The van der Waals surface area contributed by atoms with Gasteiger partial charge in [-0.15, -0.1) is 0 Å². The molecule has 1 aliphatic heterocycles. The molecule has 1 aromatic rings. The van der Waals surface area contributed by atoms with Crippen molar-refractivity contribution in [1.29, 1.82) is 0 Å². The Morgan fingerprint density at radius 1 is 1.24 bits per heavy atom. The maximum absolute atomic E-state index is 13.1. The predicted octanol–water partition coefficient (Wildman–Crippen LogP) is 2.98. The second-order valence-electron chi connectivity index (χ2n) is 7.24. The first-order valence-electron chi connectivity index (χ1n) is 9.16. The molecule has 2 fully saturated rings. The van der Waals surface area contributed by atoms with Gasteiger partial charge in [-0.2, -0.15) is 0 Å². The van der Waals surface area contributed by atoms with E-state index in [4.69, 9.17) is 9.84 Å². The lowest BCUT2D eigenvalue weighted by Gasteiger charge is -2.37. The highest BCUT2D eigenvalue weighted by molar-refractivity contribution is 5.95. The summed E-state index contributed by atoms with van der Waals surface area (Å²) in [5.41, 5.74) is 0.398. The van der Waals surface area contributed by atoms with Gasteiger partial charge in [-0.1, -0.05) is 6.92 Å². The zero-order valence-electron chi connectivity index (χ0n) is 14.7. The summed E-state index contributed by atoms with van der Waals surface area (Å²) >= 11 is 0. The second-order valence-corrected chi connectivity index (χ2v) is 7.24. The van der Waals surface area contributed by atoms with Crippen LogP contribution in [0, 0.1) is 5.92 Å². The lowest BCUT2D eigenvalue weighted by atomic mass is 9.86. The number of hydrogen-bond donors (Lipinski definition) is 1. The van der Waals surface area contributed by atoms with E-state index in [9.17, 15) is 9.59 Å². The van der Waals surface area contributed by atoms with Crippen LogP contribution in [0.15, 0.2) is 18.3 Å². The largest absolute Gasteiger partial charge is 0.477 e. The smallest absolute Gasteiger partial charge is 0.354 e. The molecule has 0 aromatic carbocycles. The average molecular weight is 346 g/mol. The first-order valence-corrected chi connectivity index (χ1v) is 9.16. The average Bonchev–Trinajstić information content (AvgIpc) is 3.13. The SMILES string of the molecule is CC1CCC(N(CC2CCCO2)C(=O)c2ccc(C(=O)O)nc2)CC1. The van der Waals surface area contributed by atoms with E-state index in [1.807, 2.05) is 4.90 Å². The van der Waals surface area contributed by atoms with E-state index in [-0.39, 0.29) is 23.7 Å². The van der Waals surface area contributed by atoms with Gasteiger partial charge < -0.3 is 14.7 Å². The van der Waals surface area contributed by atoms with E-state index in [2.05, 4.69) is 11.9 Å². The Morgan fingerprint density at radius 3 is 2.56 bits per heavy atom. The van der Waals surface area contributed by atoms with Crippen LogP contribution in [0.4, 0.5) is 0 Å². The van der Waals surface area contributed by atoms with Crippen LogP contribution in [0.25, 0.3) is 0 Å². The van der Waals surface area contributed by atoms with Crippen molar-refractivity contribution < 1.29 is 19.4 Å². The summed E-state index contributed by atoms with van der Waals surface area (Å²) in [6.45, 7) is 3.64. The molecule has 1 unspecified atom stereocenters. The first-order chi connectivity index (χ1) is 12.0. The highest BCUT2D eigenvalue weighted by Gasteiger charge is 2.31. The zero-order valence-corrected chi connectivity index (χ0v) is 14.7. The van der Waals surface area contributed by atoms with Crippen LogP contribution in [0.2, 0.25) is 0 Å². The number of aromatic carboxylic acids is 1. The summed E-state index contributed by atoms with van der Waals surface area (Å²) in [5, 5.41) is 8.97. The summed E-state index contributed by atoms with van der Waals surface area (Å²) in [7, 11) is 0. The number of carbonyl (C=O) groups excluding carboxylic acids is 1. The Balaban J connectivity index is 1.76. The standard InChI is InChI=1S/C19H26N2O4/c1-13-4-7-15(8-5-13)21(12-16-3-2-10-25-16)18(22)14-6-9-17(19(23)24)20-11-14/h6,9,11,13,15-16H,2-5,7-8,10,12H2,1H3,(H,23,24). The fourth-order valence-electron chi connectivity index (χ4n) is 3.77. The van der Waals surface area contributed by atoms with Crippen LogP contribution < -0.4 is 0 Å². The van der Waals surface area contributed by atoms with Gasteiger partial charge in [0.1, 0.15) is 5.69 Å². The van der Waals surface area contributed by atoms with Gasteiger partial charge in [-0.05, 0) is 56.6 Å². The van der Waals surface area contributed by atoms with E-state index in [1.165, 1.54) is 12.3 Å². The third-order valence-electron chi connectivity index (χ3n) is 5.34. The number of pyridine rings is 1. The highest BCUT2D eigenvalue weighted by Crippen LogP contribution is 2.29. The third kappa shape index (κ3) is 4.37. The number of rotatable bonds is 5. The molecule has 6 heteroatoms. The van der Waals surface area contributed by atoms with Gasteiger partial charge in [-0.3, -0.25) is 4.79 Å². The number of carboxylic acids is 1. The molecule has 136 valence electrons. The van der Waals surface area contributed by atoms with Crippen LogP contribution in [0.3, 0.4) is 0 Å². The number of amides is 1. The first kappa shape index (κ1) is 17.9. The molecule has 6 nitrogen and oxygen atoms in total. The van der Waals surface area contributed by atoms with Crippen molar-refractivity contribution >= 4 is 11.9 Å². The van der Waals surface area contributed by atoms with E-state index in [1.54, 1.807) is 6.07 Å². The van der Waals surface area contributed by atoms with Crippen LogP contribution in [0.1, 0.15) is 66.3 Å². The molecule has 1 saturated carbocycles. The highest BCUT2D eigenvalue weighted by atomic mass is 16.5. The van der Waals surface area contributed by atoms with Crippen molar-refractivity contribution in [3.05, 3.63) is 29.6 Å². The van der Waals surface area contributed by atoms with Gasteiger partial charge in [0.2, 0.25) is 0 Å². The molecule has 0 bridgehead atoms. The maximum atomic E-state index is 13.1. The van der Waals surface area contributed by atoms with Crippen LogP contribution in [0.5, 0.6) is 0 Å². The van der Waals surface area contributed by atoms with Gasteiger partial charge in [0, 0.05) is 25.4 Å². The molecule has 2 heterocycles. The van der Waals surface area contributed by atoms with Crippen LogP contribution in [-0.4, -0.2) is 52.2 Å². The summed E-state index contributed by atoms with van der Waals surface area (Å²) in [6.07, 6.45) is 7.81. The molecule has 0 radical (unpaired) electrons. The van der Waals surface area contributed by atoms with Crippen LogP contribution >= 0.6 is 0 Å². The van der Waals surface area contributed by atoms with Crippen molar-refractivity contribution in [1.82, 2.24) is 9.88 Å². The zero-order chi connectivity index (χ0) is 17.8. The van der Waals surface area contributed by atoms with Gasteiger partial charge in [0.05, 0.1) is 11.7 Å². The van der Waals surface area contributed by atoms with Gasteiger partial charge in [0.25, 0.3) is 5.91 Å². The molecule has 3 rings (SSSR count). The van der Waals surface area contributed by atoms with Crippen molar-refractivity contribution in [2.75, 3.05) is 13.2 Å². The van der Waals surface area contributed by atoms with Gasteiger partial charge >= 0.3 is 5.97 Å². The Morgan fingerprint density at radius 2 is 2.00 bits per heavy atom. The predicted molar refractivity (Wildman–Crippen MR) is 92.6 cm³/mol. The van der Waals surface area contributed by atoms with E-state index in [0.29, 0.717) is 18.0 Å². The molecule has 1 amide bonds. The molecule has 0 spiro atoms. The number of hydrogen-bond acceptors (Lipinski definition) is 4. The summed E-state index contributed by atoms with van der Waals surface area (Å²) in [4.78, 5) is 29.9. The van der Waals surface area contributed by atoms with E-state index >= 15 is 0 Å². The monoisotopic (exact) mass is 346 g/mol. The molecule has 25 heavy (non-hydrogen) atoms. The Bertz CT molecular complexity index is 602. The summed E-state index contributed by atoms with van der Waals surface area (Å²) in [5.74, 6) is -0.441. The van der Waals surface area contributed by atoms with E-state index < -0.39 is 5.97 Å². The molecule has 2 aliphatic rings. The topological polar surface area (TPSA) is 79.7 Å². The summed E-state index contributed by atoms with van der Waals surface area (Å²) < 4.78 is 5.74. The third-order valence-corrected chi connectivity index (χ3v) is 5.34. The number of carboxylic acid groups (broad SMARTS) is 1. The van der Waals surface area contributed by atoms with Crippen molar-refractivity contribution in [2.45, 2.75) is 57.6 Å². The normalized spacial score (nSPS) is 26.4. The Labute approximate surface area is 148 Å². The lowest BCUT2D eigenvalue weighted by Crippen LogP contribution is -2.46. The molecule has 1 aliphatic carbocycles. The minimum absolute atomic E-state index is 0.0475. The number of nitrogens with zero attached hydrogens (tertiary/aromatic N) is 2. The quantitative estimate of drug-likeness (QED) is 0.886. The molecule has 1 saturated heterocycles. The minimum atomic E-state index is -1.09. The Hall–Kier alpha value is -1.95. The summed E-state index contributed by atoms with van der Waals surface area (Å²) in [6, 6.07) is 3.18. The van der Waals surface area contributed by atoms with E-state index in [0.717, 1.165) is 45.1 Å². The van der Waals surface area contributed by atoms with Crippen molar-refractivity contribution in [3.8, 4) is 0 Å². The fourth-order valence-corrected chi connectivity index (χ4v) is 3.77.